The third-order valence-corrected chi connectivity index (χ3v) is 3.53. The lowest BCUT2D eigenvalue weighted by Crippen LogP contribution is -2.17. The van der Waals surface area contributed by atoms with Crippen LogP contribution in [-0.4, -0.2) is 24.4 Å². The minimum atomic E-state index is -0.405. The number of benzene rings is 2. The molecule has 0 amide bonds. The van der Waals surface area contributed by atoms with Gasteiger partial charge in [0.05, 0.1) is 6.10 Å². The largest absolute Gasteiger partial charge is 0.491 e. The second kappa shape index (κ2) is 9.11. The van der Waals surface area contributed by atoms with Gasteiger partial charge in [-0.1, -0.05) is 35.9 Å². The van der Waals surface area contributed by atoms with Crippen LogP contribution in [0.1, 0.15) is 24.8 Å². The Morgan fingerprint density at radius 1 is 1.00 bits per heavy atom. The number of anilines is 1. The predicted molar refractivity (Wildman–Crippen MR) is 91.5 cm³/mol. The van der Waals surface area contributed by atoms with Crippen molar-refractivity contribution in [3.63, 3.8) is 0 Å². The van der Waals surface area contributed by atoms with Crippen molar-refractivity contribution >= 4 is 5.69 Å². The van der Waals surface area contributed by atoms with Gasteiger partial charge in [0.15, 0.2) is 0 Å². The lowest BCUT2D eigenvalue weighted by Gasteiger charge is -2.12. The molecule has 0 saturated heterocycles. The number of para-hydroxylation sites is 1. The quantitative estimate of drug-likeness (QED) is 0.687. The zero-order valence-electron chi connectivity index (χ0n) is 13.2. The number of aryl methyl sites for hydroxylation is 1. The minimum Gasteiger partial charge on any atom is -0.491 e. The average Bonchev–Trinajstić information content (AvgIpc) is 2.55. The molecule has 0 spiro atoms. The van der Waals surface area contributed by atoms with Crippen molar-refractivity contribution in [1.29, 1.82) is 0 Å². The molecule has 0 heterocycles. The van der Waals surface area contributed by atoms with E-state index in [4.69, 9.17) is 4.74 Å². The van der Waals surface area contributed by atoms with Gasteiger partial charge in [0.1, 0.15) is 12.4 Å². The Bertz CT molecular complexity index is 525. The topological polar surface area (TPSA) is 41.5 Å². The van der Waals surface area contributed by atoms with Crippen LogP contribution in [0, 0.1) is 6.92 Å². The second-order valence-corrected chi connectivity index (χ2v) is 5.57. The Balaban J connectivity index is 1.54. The summed E-state index contributed by atoms with van der Waals surface area (Å²) in [6, 6.07) is 18.1. The van der Waals surface area contributed by atoms with Crippen molar-refractivity contribution in [1.82, 2.24) is 0 Å². The zero-order chi connectivity index (χ0) is 15.6. The molecule has 22 heavy (non-hydrogen) atoms. The van der Waals surface area contributed by atoms with Crippen molar-refractivity contribution in [3.8, 4) is 5.75 Å². The lowest BCUT2D eigenvalue weighted by molar-refractivity contribution is 0.0979. The van der Waals surface area contributed by atoms with E-state index in [1.165, 1.54) is 5.56 Å². The maximum atomic E-state index is 9.94. The number of rotatable bonds is 9. The van der Waals surface area contributed by atoms with Crippen LogP contribution in [0.25, 0.3) is 0 Å². The van der Waals surface area contributed by atoms with Gasteiger partial charge in [-0.3, -0.25) is 0 Å². The molecule has 0 aliphatic rings. The zero-order valence-corrected chi connectivity index (χ0v) is 13.2. The summed E-state index contributed by atoms with van der Waals surface area (Å²) in [5.74, 6) is 0.815. The van der Waals surface area contributed by atoms with E-state index < -0.39 is 6.10 Å². The molecule has 1 unspecified atom stereocenters. The van der Waals surface area contributed by atoms with Gasteiger partial charge in [-0.2, -0.15) is 0 Å². The highest BCUT2D eigenvalue weighted by atomic mass is 16.5. The van der Waals surface area contributed by atoms with Gasteiger partial charge < -0.3 is 15.2 Å². The van der Waals surface area contributed by atoms with E-state index in [9.17, 15) is 5.11 Å². The molecule has 0 fully saturated rings. The number of hydrogen-bond donors (Lipinski definition) is 2. The highest BCUT2D eigenvalue weighted by Gasteiger charge is 2.05. The lowest BCUT2D eigenvalue weighted by atomic mass is 10.1. The molecule has 0 bridgehead atoms. The van der Waals surface area contributed by atoms with E-state index in [1.807, 2.05) is 49.4 Å². The van der Waals surface area contributed by atoms with Gasteiger partial charge in [-0.25, -0.2) is 0 Å². The summed E-state index contributed by atoms with van der Waals surface area (Å²) in [6.45, 7) is 3.33. The van der Waals surface area contributed by atoms with Gasteiger partial charge >= 0.3 is 0 Å². The predicted octanol–water partition coefficient (Wildman–Crippen LogP) is 4.02. The van der Waals surface area contributed by atoms with Gasteiger partial charge in [0.25, 0.3) is 0 Å². The summed E-state index contributed by atoms with van der Waals surface area (Å²) < 4.78 is 5.58. The molecule has 3 nitrogen and oxygen atoms in total. The molecule has 2 rings (SSSR count). The van der Waals surface area contributed by atoms with Crippen LogP contribution in [0.15, 0.2) is 54.6 Å². The van der Waals surface area contributed by atoms with Crippen LogP contribution in [-0.2, 0) is 0 Å². The summed E-state index contributed by atoms with van der Waals surface area (Å²) in [6.07, 6.45) is 2.38. The molecule has 0 aromatic heterocycles. The normalized spacial score (nSPS) is 11.9. The molecular formula is C19H25NO2. The standard InChI is InChI=1S/C19H25NO2/c1-16-10-12-19(13-11-16)22-15-18(21)9-5-6-14-20-17-7-3-2-4-8-17/h2-4,7-8,10-13,18,20-21H,5-6,9,14-15H2,1H3. The summed E-state index contributed by atoms with van der Waals surface area (Å²) in [5, 5.41) is 13.3. The van der Waals surface area contributed by atoms with Crippen LogP contribution in [0.5, 0.6) is 5.75 Å². The molecule has 0 saturated carbocycles. The van der Waals surface area contributed by atoms with Crippen LogP contribution >= 0.6 is 0 Å². The van der Waals surface area contributed by atoms with E-state index in [0.717, 1.165) is 37.2 Å². The summed E-state index contributed by atoms with van der Waals surface area (Å²) in [5.41, 5.74) is 2.35. The van der Waals surface area contributed by atoms with Gasteiger partial charge in [0.2, 0.25) is 0 Å². The van der Waals surface area contributed by atoms with Gasteiger partial charge in [-0.05, 0) is 50.5 Å². The fourth-order valence-electron chi connectivity index (χ4n) is 2.20. The van der Waals surface area contributed by atoms with E-state index in [1.54, 1.807) is 0 Å². The molecule has 0 aliphatic carbocycles. The number of aliphatic hydroxyl groups excluding tert-OH is 1. The molecule has 2 aromatic rings. The SMILES string of the molecule is Cc1ccc(OCC(O)CCCCNc2ccccc2)cc1. The second-order valence-electron chi connectivity index (χ2n) is 5.57. The molecule has 2 aromatic carbocycles. The molecule has 2 N–H and O–H groups in total. The first kappa shape index (κ1) is 16.4. The monoisotopic (exact) mass is 299 g/mol. The smallest absolute Gasteiger partial charge is 0.119 e. The Kier molecular flexibility index (Phi) is 6.78. The van der Waals surface area contributed by atoms with E-state index in [0.29, 0.717) is 6.61 Å². The first-order valence-corrected chi connectivity index (χ1v) is 7.90. The van der Waals surface area contributed by atoms with Crippen molar-refractivity contribution in [2.45, 2.75) is 32.3 Å². The molecule has 3 heteroatoms. The maximum absolute atomic E-state index is 9.94. The highest BCUT2D eigenvalue weighted by Crippen LogP contribution is 2.12. The molecule has 1 atom stereocenters. The molecular weight excluding hydrogens is 274 g/mol. The Labute approximate surface area is 133 Å². The fraction of sp³-hybridized carbons (Fsp3) is 0.368. The average molecular weight is 299 g/mol. The Morgan fingerprint density at radius 2 is 1.73 bits per heavy atom. The molecule has 0 radical (unpaired) electrons. The highest BCUT2D eigenvalue weighted by molar-refractivity contribution is 5.42. The number of nitrogens with one attached hydrogen (secondary N) is 1. The van der Waals surface area contributed by atoms with E-state index in [-0.39, 0.29) is 0 Å². The van der Waals surface area contributed by atoms with Gasteiger partial charge in [0, 0.05) is 12.2 Å². The first-order valence-electron chi connectivity index (χ1n) is 7.90. The number of hydrogen-bond acceptors (Lipinski definition) is 3. The number of unbranched alkanes of at least 4 members (excludes halogenated alkanes) is 1. The van der Waals surface area contributed by atoms with Crippen molar-refractivity contribution in [3.05, 3.63) is 60.2 Å². The Hall–Kier alpha value is -2.00. The van der Waals surface area contributed by atoms with E-state index in [2.05, 4.69) is 17.4 Å². The van der Waals surface area contributed by atoms with Crippen molar-refractivity contribution in [2.75, 3.05) is 18.5 Å². The third kappa shape index (κ3) is 6.19. The molecule has 118 valence electrons. The summed E-state index contributed by atoms with van der Waals surface area (Å²) in [4.78, 5) is 0. The summed E-state index contributed by atoms with van der Waals surface area (Å²) >= 11 is 0. The van der Waals surface area contributed by atoms with Gasteiger partial charge in [-0.15, -0.1) is 0 Å². The van der Waals surface area contributed by atoms with Crippen molar-refractivity contribution < 1.29 is 9.84 Å². The van der Waals surface area contributed by atoms with Crippen LogP contribution < -0.4 is 10.1 Å². The minimum absolute atomic E-state index is 0.356. The molecule has 0 aliphatic heterocycles. The third-order valence-electron chi connectivity index (χ3n) is 3.53. The van der Waals surface area contributed by atoms with Crippen LogP contribution in [0.2, 0.25) is 0 Å². The van der Waals surface area contributed by atoms with E-state index >= 15 is 0 Å². The fourth-order valence-corrected chi connectivity index (χ4v) is 2.20. The maximum Gasteiger partial charge on any atom is 0.119 e. The summed E-state index contributed by atoms with van der Waals surface area (Å²) in [7, 11) is 0. The number of ether oxygens (including phenoxy) is 1. The van der Waals surface area contributed by atoms with Crippen LogP contribution in [0.3, 0.4) is 0 Å². The van der Waals surface area contributed by atoms with Crippen LogP contribution in [0.4, 0.5) is 5.69 Å². The number of aliphatic hydroxyl groups is 1. The van der Waals surface area contributed by atoms with Crippen molar-refractivity contribution in [2.24, 2.45) is 0 Å². The Morgan fingerprint density at radius 3 is 2.45 bits per heavy atom. The first-order chi connectivity index (χ1) is 10.7.